The van der Waals surface area contributed by atoms with Crippen LogP contribution >= 0.6 is 0 Å². The van der Waals surface area contributed by atoms with Crippen LogP contribution in [0.2, 0.25) is 0 Å². The third-order valence-corrected chi connectivity index (χ3v) is 4.53. The maximum Gasteiger partial charge on any atom is 0.416 e. The topological polar surface area (TPSA) is 146 Å². The molecule has 0 aromatic heterocycles. The number of halogens is 6. The molecule has 36 heavy (non-hydrogen) atoms. The first-order valence-electron chi connectivity index (χ1n) is 9.88. The molecule has 2 amide bonds. The Bertz CT molecular complexity index is 1120. The van der Waals surface area contributed by atoms with Crippen molar-refractivity contribution in [2.45, 2.75) is 24.8 Å². The normalized spacial score (nSPS) is 12.8. The van der Waals surface area contributed by atoms with Gasteiger partial charge in [0.2, 0.25) is 5.91 Å². The summed E-state index contributed by atoms with van der Waals surface area (Å²) in [5.74, 6) is 1.65. The Kier molecular flexibility index (Phi) is 9.00. The second kappa shape index (κ2) is 11.5. The van der Waals surface area contributed by atoms with Gasteiger partial charge in [0.15, 0.2) is 0 Å². The molecule has 0 heterocycles. The van der Waals surface area contributed by atoms with Gasteiger partial charge in [0, 0.05) is 5.56 Å². The highest BCUT2D eigenvalue weighted by Gasteiger charge is 2.38. The number of carboxylic acids is 1. The molecule has 0 saturated heterocycles. The maximum atomic E-state index is 13.2. The van der Waals surface area contributed by atoms with E-state index in [0.29, 0.717) is 17.8 Å². The van der Waals surface area contributed by atoms with Crippen molar-refractivity contribution < 1.29 is 45.8 Å². The van der Waals surface area contributed by atoms with E-state index in [0.717, 1.165) is 6.34 Å². The molecule has 1 unspecified atom stereocenters. The van der Waals surface area contributed by atoms with Gasteiger partial charge < -0.3 is 21.2 Å². The van der Waals surface area contributed by atoms with Crippen molar-refractivity contribution in [2.24, 2.45) is 10.8 Å². The smallest absolute Gasteiger partial charge is 0.416 e. The number of carbonyl (C=O) groups excluding carboxylic acids is 2. The number of carboxylic acid groups (broad SMARTS) is 1. The number of benzene rings is 2. The zero-order chi connectivity index (χ0) is 27.1. The fourth-order valence-electron chi connectivity index (χ4n) is 2.95. The lowest BCUT2D eigenvalue weighted by molar-refractivity contribution is -0.143. The first kappa shape index (κ1) is 28.1. The Hall–Kier alpha value is -4.14. The van der Waals surface area contributed by atoms with Gasteiger partial charge in [-0.3, -0.25) is 14.4 Å². The summed E-state index contributed by atoms with van der Waals surface area (Å²) in [6.07, 6.45) is -10.2. The molecule has 0 bridgehead atoms. The number of carbonyl (C=O) groups is 3. The highest BCUT2D eigenvalue weighted by Crippen LogP contribution is 2.37. The Morgan fingerprint density at radius 1 is 1.00 bits per heavy atom. The van der Waals surface area contributed by atoms with E-state index < -0.39 is 65.8 Å². The van der Waals surface area contributed by atoms with E-state index in [1.54, 1.807) is 0 Å². The van der Waals surface area contributed by atoms with Crippen LogP contribution in [0.3, 0.4) is 0 Å². The molecule has 0 aliphatic carbocycles. The molecule has 6 N–H and O–H groups in total. The number of aliphatic imine (C=N–C) groups is 1. The number of nitrogens with one attached hydrogen (secondary N) is 3. The molecule has 194 valence electrons. The molecule has 0 saturated carbocycles. The summed E-state index contributed by atoms with van der Waals surface area (Å²) in [4.78, 5) is 39.7. The largest absolute Gasteiger partial charge is 0.481 e. The van der Waals surface area contributed by atoms with Crippen molar-refractivity contribution in [1.82, 2.24) is 16.1 Å². The van der Waals surface area contributed by atoms with Crippen LogP contribution in [0, 0.1) is 0 Å². The average Bonchev–Trinajstić information content (AvgIpc) is 2.79. The van der Waals surface area contributed by atoms with Gasteiger partial charge >= 0.3 is 18.3 Å². The third kappa shape index (κ3) is 8.26. The van der Waals surface area contributed by atoms with Crippen LogP contribution in [0.5, 0.6) is 0 Å². The second-order valence-corrected chi connectivity index (χ2v) is 7.22. The maximum absolute atomic E-state index is 13.2. The van der Waals surface area contributed by atoms with Crippen LogP contribution in [0.25, 0.3) is 0 Å². The van der Waals surface area contributed by atoms with Crippen LogP contribution in [0.4, 0.5) is 32.0 Å². The van der Waals surface area contributed by atoms with Crippen molar-refractivity contribution >= 4 is 29.8 Å². The van der Waals surface area contributed by atoms with Gasteiger partial charge in [-0.1, -0.05) is 6.07 Å². The van der Waals surface area contributed by atoms with E-state index in [-0.39, 0.29) is 11.6 Å². The van der Waals surface area contributed by atoms with Crippen molar-refractivity contribution in [3.05, 3.63) is 64.7 Å². The van der Waals surface area contributed by atoms with Crippen LogP contribution in [-0.2, 0) is 21.9 Å². The summed E-state index contributed by atoms with van der Waals surface area (Å²) >= 11 is 0. The van der Waals surface area contributed by atoms with Gasteiger partial charge in [0.1, 0.15) is 6.34 Å². The summed E-state index contributed by atoms with van der Waals surface area (Å²) in [6, 6.07) is 4.52. The first-order chi connectivity index (χ1) is 16.7. The standard InChI is InChI=1S/C21H19F6N5O4/c22-20(23,24)13-4-12(5-14(7-13)21(25,26)27)16(8-18(34)35)32-17(33)9-29-19(36)11-2-1-3-15(6-11)30-10-31-28/h1-7,10,16H,8-9,28H2,(H,29,36)(H,30,31)(H,32,33)(H,34,35). The molecular formula is C21H19F6N5O4. The average molecular weight is 519 g/mol. The van der Waals surface area contributed by atoms with E-state index in [2.05, 4.69) is 21.1 Å². The summed E-state index contributed by atoms with van der Waals surface area (Å²) in [6.45, 7) is -0.752. The van der Waals surface area contributed by atoms with Crippen molar-refractivity contribution in [1.29, 1.82) is 0 Å². The number of alkyl halides is 6. The minimum absolute atomic E-state index is 0.0734. The third-order valence-electron chi connectivity index (χ3n) is 4.53. The highest BCUT2D eigenvalue weighted by atomic mass is 19.4. The Labute approximate surface area is 199 Å². The molecule has 1 atom stereocenters. The Morgan fingerprint density at radius 2 is 1.61 bits per heavy atom. The molecule has 2 aromatic carbocycles. The Morgan fingerprint density at radius 3 is 2.14 bits per heavy atom. The molecule has 0 fully saturated rings. The van der Waals surface area contributed by atoms with Crippen molar-refractivity contribution in [3.8, 4) is 0 Å². The number of nitrogens with two attached hydrogens (primary N) is 1. The second-order valence-electron chi connectivity index (χ2n) is 7.22. The van der Waals surface area contributed by atoms with E-state index >= 15 is 0 Å². The molecule has 2 rings (SSSR count). The monoisotopic (exact) mass is 519 g/mol. The predicted molar refractivity (Wildman–Crippen MR) is 114 cm³/mol. The molecule has 0 aliphatic heterocycles. The fraction of sp³-hybridized carbons (Fsp3) is 0.238. The molecule has 9 nitrogen and oxygen atoms in total. The number of hydrogen-bond acceptors (Lipinski definition) is 5. The van der Waals surface area contributed by atoms with Gasteiger partial charge in [-0.15, -0.1) is 0 Å². The molecule has 0 radical (unpaired) electrons. The summed E-state index contributed by atoms with van der Waals surface area (Å²) in [5.41, 5.74) is -1.50. The molecule has 0 spiro atoms. The summed E-state index contributed by atoms with van der Waals surface area (Å²) in [7, 11) is 0. The van der Waals surface area contributed by atoms with E-state index in [4.69, 9.17) is 10.9 Å². The molecule has 15 heteroatoms. The zero-order valence-corrected chi connectivity index (χ0v) is 18.1. The predicted octanol–water partition coefficient (Wildman–Crippen LogP) is 2.91. The first-order valence-corrected chi connectivity index (χ1v) is 9.88. The molecule has 2 aromatic rings. The minimum Gasteiger partial charge on any atom is -0.481 e. The fourth-order valence-corrected chi connectivity index (χ4v) is 2.95. The van der Waals surface area contributed by atoms with E-state index in [1.807, 2.05) is 0 Å². The summed E-state index contributed by atoms with van der Waals surface area (Å²) < 4.78 is 78.9. The van der Waals surface area contributed by atoms with Gasteiger partial charge in [-0.05, 0) is 42.0 Å². The van der Waals surface area contributed by atoms with Crippen molar-refractivity contribution in [3.63, 3.8) is 0 Å². The SMILES string of the molecule is NNC=Nc1cccc(C(=O)NCC(=O)NC(CC(=O)O)c2cc(C(F)(F)F)cc(C(F)(F)F)c2)c1. The highest BCUT2D eigenvalue weighted by molar-refractivity contribution is 5.97. The Balaban J connectivity index is 2.22. The molecule has 0 aliphatic rings. The van der Waals surface area contributed by atoms with Gasteiger partial charge in [-0.25, -0.2) is 10.8 Å². The quantitative estimate of drug-likeness (QED) is 0.113. The van der Waals surface area contributed by atoms with Gasteiger partial charge in [0.05, 0.1) is 35.8 Å². The van der Waals surface area contributed by atoms with Crippen LogP contribution in [0.15, 0.2) is 47.5 Å². The lowest BCUT2D eigenvalue weighted by atomic mass is 9.97. The number of aliphatic carboxylic acids is 1. The number of amides is 2. The van der Waals surface area contributed by atoms with Crippen LogP contribution in [0.1, 0.15) is 39.5 Å². The lowest BCUT2D eigenvalue weighted by Crippen LogP contribution is -2.39. The number of nitrogens with zero attached hydrogens (tertiary/aromatic N) is 1. The van der Waals surface area contributed by atoms with Gasteiger partial charge in [0.25, 0.3) is 5.91 Å². The molecular weight excluding hydrogens is 500 g/mol. The van der Waals surface area contributed by atoms with E-state index in [9.17, 15) is 40.7 Å². The lowest BCUT2D eigenvalue weighted by Gasteiger charge is -2.21. The van der Waals surface area contributed by atoms with Crippen LogP contribution < -0.4 is 21.9 Å². The summed E-state index contributed by atoms with van der Waals surface area (Å²) in [5, 5.41) is 13.3. The number of hydrogen-bond donors (Lipinski definition) is 5. The number of rotatable bonds is 9. The zero-order valence-electron chi connectivity index (χ0n) is 18.1. The number of hydrazine groups is 1. The van der Waals surface area contributed by atoms with Crippen LogP contribution in [-0.4, -0.2) is 35.8 Å². The van der Waals surface area contributed by atoms with Crippen molar-refractivity contribution in [2.75, 3.05) is 6.54 Å². The minimum atomic E-state index is -5.17. The van der Waals surface area contributed by atoms with Gasteiger partial charge in [-0.2, -0.15) is 26.3 Å². The van der Waals surface area contributed by atoms with E-state index in [1.165, 1.54) is 24.3 Å².